The van der Waals surface area contributed by atoms with Crippen molar-refractivity contribution in [1.29, 1.82) is 0 Å². The van der Waals surface area contributed by atoms with E-state index in [1.807, 2.05) is 12.1 Å². The molecule has 0 aromatic heterocycles. The van der Waals surface area contributed by atoms with Gasteiger partial charge >= 0.3 is 0 Å². The lowest BCUT2D eigenvalue weighted by Crippen LogP contribution is -2.53. The molecule has 104 valence electrons. The van der Waals surface area contributed by atoms with Gasteiger partial charge in [-0.15, -0.1) is 0 Å². The van der Waals surface area contributed by atoms with Crippen molar-refractivity contribution in [3.8, 4) is 0 Å². The van der Waals surface area contributed by atoms with E-state index in [0.29, 0.717) is 13.2 Å². The molecule has 1 aromatic carbocycles. The summed E-state index contributed by atoms with van der Waals surface area (Å²) < 4.78 is 18.2. The Bertz CT molecular complexity index is 418. The minimum absolute atomic E-state index is 0.135. The summed E-state index contributed by atoms with van der Waals surface area (Å²) in [5.74, 6) is -0.200. The number of halogens is 1. The molecule has 0 aliphatic carbocycles. The first kappa shape index (κ1) is 12.8. The van der Waals surface area contributed by atoms with E-state index >= 15 is 0 Å². The van der Waals surface area contributed by atoms with E-state index in [9.17, 15) is 9.50 Å². The molecular formula is C14H19FN2O2. The summed E-state index contributed by atoms with van der Waals surface area (Å²) in [4.78, 5) is 4.54. The Hall–Kier alpha value is -1.17. The number of hydrogen-bond donors (Lipinski definition) is 1. The summed E-state index contributed by atoms with van der Waals surface area (Å²) in [5, 5.41) is 9.83. The fourth-order valence-electron chi connectivity index (χ4n) is 2.84. The van der Waals surface area contributed by atoms with Gasteiger partial charge in [0.1, 0.15) is 5.82 Å². The van der Waals surface area contributed by atoms with Gasteiger partial charge in [-0.1, -0.05) is 0 Å². The normalized spacial score (nSPS) is 28.8. The van der Waals surface area contributed by atoms with Crippen molar-refractivity contribution in [3.05, 3.63) is 30.1 Å². The van der Waals surface area contributed by atoms with Crippen LogP contribution in [0.25, 0.3) is 0 Å². The Kier molecular flexibility index (Phi) is 3.68. The molecule has 0 bridgehead atoms. The first-order valence-electron chi connectivity index (χ1n) is 6.74. The van der Waals surface area contributed by atoms with E-state index < -0.39 is 0 Å². The van der Waals surface area contributed by atoms with Crippen molar-refractivity contribution in [1.82, 2.24) is 4.90 Å². The average Bonchev–Trinajstić information content (AvgIpc) is 2.86. The summed E-state index contributed by atoms with van der Waals surface area (Å²) in [7, 11) is 0. The zero-order valence-corrected chi connectivity index (χ0v) is 10.8. The average molecular weight is 266 g/mol. The van der Waals surface area contributed by atoms with Crippen LogP contribution in [0.2, 0.25) is 0 Å². The van der Waals surface area contributed by atoms with E-state index in [4.69, 9.17) is 4.74 Å². The summed E-state index contributed by atoms with van der Waals surface area (Å²) in [6.45, 7) is 4.68. The number of aliphatic hydroxyl groups is 1. The highest BCUT2D eigenvalue weighted by Crippen LogP contribution is 2.20. The van der Waals surface area contributed by atoms with Crippen LogP contribution >= 0.6 is 0 Å². The molecule has 0 saturated carbocycles. The predicted molar refractivity (Wildman–Crippen MR) is 70.8 cm³/mol. The Labute approximate surface area is 112 Å². The van der Waals surface area contributed by atoms with Crippen LogP contribution in [0, 0.1) is 5.82 Å². The first-order valence-corrected chi connectivity index (χ1v) is 6.74. The molecule has 2 atom stereocenters. The van der Waals surface area contributed by atoms with Crippen LogP contribution in [0.3, 0.4) is 0 Å². The first-order chi connectivity index (χ1) is 9.24. The van der Waals surface area contributed by atoms with E-state index in [1.54, 1.807) is 0 Å². The molecule has 0 unspecified atom stereocenters. The number of hydrogen-bond acceptors (Lipinski definition) is 4. The Morgan fingerprint density at radius 2 is 1.74 bits per heavy atom. The monoisotopic (exact) mass is 266 g/mol. The van der Waals surface area contributed by atoms with E-state index in [2.05, 4.69) is 9.80 Å². The maximum atomic E-state index is 12.9. The third kappa shape index (κ3) is 2.73. The van der Waals surface area contributed by atoms with Gasteiger partial charge in [0.05, 0.1) is 25.4 Å². The zero-order valence-electron chi connectivity index (χ0n) is 10.8. The lowest BCUT2D eigenvalue weighted by atomic mass is 10.1. The van der Waals surface area contributed by atoms with Gasteiger partial charge in [-0.05, 0) is 24.3 Å². The van der Waals surface area contributed by atoms with Crippen LogP contribution in [0.5, 0.6) is 0 Å². The summed E-state index contributed by atoms with van der Waals surface area (Å²) in [6.07, 6.45) is -0.364. The number of rotatable bonds is 2. The molecular weight excluding hydrogens is 247 g/mol. The van der Waals surface area contributed by atoms with Crippen molar-refractivity contribution in [2.45, 2.75) is 12.1 Å². The van der Waals surface area contributed by atoms with Crippen molar-refractivity contribution in [3.63, 3.8) is 0 Å². The maximum Gasteiger partial charge on any atom is 0.123 e. The molecule has 1 N–H and O–H groups in total. The highest BCUT2D eigenvalue weighted by Gasteiger charge is 2.33. The fraction of sp³-hybridized carbons (Fsp3) is 0.571. The van der Waals surface area contributed by atoms with Gasteiger partial charge in [0.25, 0.3) is 0 Å². The van der Waals surface area contributed by atoms with E-state index in [-0.39, 0.29) is 18.0 Å². The highest BCUT2D eigenvalue weighted by atomic mass is 19.1. The number of benzene rings is 1. The largest absolute Gasteiger partial charge is 0.389 e. The number of piperazine rings is 1. The lowest BCUT2D eigenvalue weighted by Gasteiger charge is -2.39. The second kappa shape index (κ2) is 5.45. The Balaban J connectivity index is 1.58. The van der Waals surface area contributed by atoms with Crippen LogP contribution in [-0.2, 0) is 4.74 Å². The van der Waals surface area contributed by atoms with Gasteiger partial charge in [-0.25, -0.2) is 4.39 Å². The van der Waals surface area contributed by atoms with Crippen LogP contribution in [0.1, 0.15) is 0 Å². The second-order valence-electron chi connectivity index (χ2n) is 5.17. The van der Waals surface area contributed by atoms with Gasteiger partial charge in [0.2, 0.25) is 0 Å². The SMILES string of the molecule is O[C@@H]1COC[C@H]1N1CCN(c2ccc(F)cc2)CC1. The topological polar surface area (TPSA) is 35.9 Å². The molecule has 2 aliphatic heterocycles. The molecule has 0 spiro atoms. The Morgan fingerprint density at radius 3 is 2.32 bits per heavy atom. The molecule has 2 aliphatic rings. The third-order valence-corrected chi connectivity index (χ3v) is 4.00. The minimum Gasteiger partial charge on any atom is -0.389 e. The van der Waals surface area contributed by atoms with Crippen molar-refractivity contribution in [2.75, 3.05) is 44.3 Å². The molecule has 0 radical (unpaired) electrons. The molecule has 1 aromatic rings. The lowest BCUT2D eigenvalue weighted by molar-refractivity contribution is 0.0785. The molecule has 4 nitrogen and oxygen atoms in total. The third-order valence-electron chi connectivity index (χ3n) is 4.00. The van der Waals surface area contributed by atoms with Crippen LogP contribution in [0.4, 0.5) is 10.1 Å². The minimum atomic E-state index is -0.364. The number of nitrogens with zero attached hydrogens (tertiary/aromatic N) is 2. The molecule has 5 heteroatoms. The smallest absolute Gasteiger partial charge is 0.123 e. The molecule has 19 heavy (non-hydrogen) atoms. The van der Waals surface area contributed by atoms with Crippen LogP contribution in [-0.4, -0.2) is 61.5 Å². The van der Waals surface area contributed by atoms with Gasteiger partial charge < -0.3 is 14.7 Å². The van der Waals surface area contributed by atoms with Gasteiger partial charge in [-0.3, -0.25) is 4.90 Å². The van der Waals surface area contributed by atoms with Crippen LogP contribution < -0.4 is 4.90 Å². The number of anilines is 1. The summed E-state index contributed by atoms with van der Waals surface area (Å²) in [5.41, 5.74) is 1.06. The van der Waals surface area contributed by atoms with Gasteiger partial charge in [0, 0.05) is 31.9 Å². The second-order valence-corrected chi connectivity index (χ2v) is 5.17. The zero-order chi connectivity index (χ0) is 13.2. The Morgan fingerprint density at radius 1 is 1.05 bits per heavy atom. The van der Waals surface area contributed by atoms with E-state index in [1.165, 1.54) is 12.1 Å². The fourth-order valence-corrected chi connectivity index (χ4v) is 2.84. The quantitative estimate of drug-likeness (QED) is 0.855. The molecule has 3 rings (SSSR count). The highest BCUT2D eigenvalue weighted by molar-refractivity contribution is 5.46. The van der Waals surface area contributed by atoms with Gasteiger partial charge in [0.15, 0.2) is 0 Å². The maximum absolute atomic E-state index is 12.9. The van der Waals surface area contributed by atoms with Crippen molar-refractivity contribution >= 4 is 5.69 Å². The predicted octanol–water partition coefficient (Wildman–Crippen LogP) is 0.707. The summed E-state index contributed by atoms with van der Waals surface area (Å²) >= 11 is 0. The molecule has 2 saturated heterocycles. The van der Waals surface area contributed by atoms with Gasteiger partial charge in [-0.2, -0.15) is 0 Å². The van der Waals surface area contributed by atoms with Crippen LogP contribution in [0.15, 0.2) is 24.3 Å². The summed E-state index contributed by atoms with van der Waals surface area (Å²) in [6, 6.07) is 6.76. The number of ether oxygens (including phenoxy) is 1. The molecule has 0 amide bonds. The molecule has 2 heterocycles. The molecule has 2 fully saturated rings. The van der Waals surface area contributed by atoms with Crippen molar-refractivity contribution in [2.24, 2.45) is 0 Å². The number of aliphatic hydroxyl groups excluding tert-OH is 1. The van der Waals surface area contributed by atoms with Crippen molar-refractivity contribution < 1.29 is 14.2 Å². The standard InChI is InChI=1S/C14H19FN2O2/c15-11-1-3-12(4-2-11)16-5-7-17(8-6-16)13-9-19-10-14(13)18/h1-4,13-14,18H,5-10H2/t13-,14-/m1/s1. The van der Waals surface area contributed by atoms with E-state index in [0.717, 1.165) is 31.9 Å².